The number of phenolic OH excluding ortho intramolecular Hbond substituents is 1. The third-order valence-electron chi connectivity index (χ3n) is 3.66. The highest BCUT2D eigenvalue weighted by atomic mass is 127. The van der Waals surface area contributed by atoms with Crippen LogP contribution in [0, 0.1) is 0 Å². The van der Waals surface area contributed by atoms with E-state index < -0.39 is 0 Å². The lowest BCUT2D eigenvalue weighted by atomic mass is 10.2. The summed E-state index contributed by atoms with van der Waals surface area (Å²) < 4.78 is 5.14. The van der Waals surface area contributed by atoms with Crippen LogP contribution in [0.2, 0.25) is 0 Å². The Bertz CT molecular complexity index is 678. The smallest absolute Gasteiger partial charge is 0.194 e. The maximum absolute atomic E-state index is 10.2. The number of para-hydroxylation sites is 1. The molecule has 0 aliphatic rings. The number of benzene rings is 2. The van der Waals surface area contributed by atoms with Crippen LogP contribution in [-0.4, -0.2) is 36.7 Å². The van der Waals surface area contributed by atoms with E-state index in [0.29, 0.717) is 12.3 Å². The number of aliphatic imine (C=N–C) groups is 1. The summed E-state index contributed by atoms with van der Waals surface area (Å²) in [4.78, 5) is 6.70. The number of guanidine groups is 1. The second-order valence-electron chi connectivity index (χ2n) is 5.48. The van der Waals surface area contributed by atoms with Gasteiger partial charge < -0.3 is 20.1 Å². The van der Waals surface area contributed by atoms with E-state index in [0.717, 1.165) is 24.6 Å². The molecule has 25 heavy (non-hydrogen) atoms. The first kappa shape index (κ1) is 21.1. The zero-order valence-corrected chi connectivity index (χ0v) is 17.2. The summed E-state index contributed by atoms with van der Waals surface area (Å²) in [6.07, 6.45) is 0. The fourth-order valence-electron chi connectivity index (χ4n) is 2.42. The number of nitrogens with zero attached hydrogens (tertiary/aromatic N) is 2. The molecule has 2 rings (SSSR count). The van der Waals surface area contributed by atoms with E-state index in [1.165, 1.54) is 5.56 Å². The first-order chi connectivity index (χ1) is 11.7. The third-order valence-corrected chi connectivity index (χ3v) is 3.66. The average Bonchev–Trinajstić information content (AvgIpc) is 2.60. The van der Waals surface area contributed by atoms with Crippen LogP contribution < -0.4 is 10.1 Å². The lowest BCUT2D eigenvalue weighted by Crippen LogP contribution is -2.38. The lowest BCUT2D eigenvalue weighted by Gasteiger charge is -2.22. The molecular weight excluding hydrogens is 429 g/mol. The molecule has 5 nitrogen and oxygen atoms in total. The Labute approximate surface area is 166 Å². The van der Waals surface area contributed by atoms with Gasteiger partial charge in [-0.1, -0.05) is 42.5 Å². The molecular formula is C19H26IN3O2. The van der Waals surface area contributed by atoms with Gasteiger partial charge in [0.1, 0.15) is 0 Å². The molecule has 2 aromatic rings. The first-order valence-corrected chi connectivity index (χ1v) is 8.04. The van der Waals surface area contributed by atoms with Crippen molar-refractivity contribution >= 4 is 29.9 Å². The molecule has 0 saturated heterocycles. The highest BCUT2D eigenvalue weighted by Gasteiger charge is 2.09. The van der Waals surface area contributed by atoms with Crippen LogP contribution in [-0.2, 0) is 13.1 Å². The summed E-state index contributed by atoms with van der Waals surface area (Å²) in [5, 5.41) is 13.5. The number of methoxy groups -OCH3 is 1. The topological polar surface area (TPSA) is 57.1 Å². The van der Waals surface area contributed by atoms with Gasteiger partial charge in [-0.05, 0) is 18.6 Å². The summed E-state index contributed by atoms with van der Waals surface area (Å²) in [5.41, 5.74) is 1.95. The van der Waals surface area contributed by atoms with E-state index in [2.05, 4.69) is 27.3 Å². The van der Waals surface area contributed by atoms with E-state index in [1.807, 2.05) is 44.3 Å². The van der Waals surface area contributed by atoms with Crippen molar-refractivity contribution < 1.29 is 9.84 Å². The average molecular weight is 455 g/mol. The fourth-order valence-corrected chi connectivity index (χ4v) is 2.42. The van der Waals surface area contributed by atoms with Crippen molar-refractivity contribution in [3.63, 3.8) is 0 Å². The number of hydrogen-bond donors (Lipinski definition) is 2. The Morgan fingerprint density at radius 2 is 1.88 bits per heavy atom. The van der Waals surface area contributed by atoms with Gasteiger partial charge in [0, 0.05) is 25.7 Å². The lowest BCUT2D eigenvalue weighted by molar-refractivity contribution is 0.370. The second-order valence-corrected chi connectivity index (χ2v) is 5.48. The largest absolute Gasteiger partial charge is 0.504 e. The number of aromatic hydroxyl groups is 1. The van der Waals surface area contributed by atoms with Gasteiger partial charge in [-0.15, -0.1) is 24.0 Å². The van der Waals surface area contributed by atoms with Crippen molar-refractivity contribution in [1.29, 1.82) is 0 Å². The maximum Gasteiger partial charge on any atom is 0.194 e. The molecule has 0 aromatic heterocycles. The van der Waals surface area contributed by atoms with Crippen molar-refractivity contribution in [1.82, 2.24) is 10.2 Å². The number of nitrogens with one attached hydrogen (secondary N) is 1. The second kappa shape index (κ2) is 10.8. The molecule has 0 saturated carbocycles. The molecule has 2 N–H and O–H groups in total. The van der Waals surface area contributed by atoms with E-state index in [9.17, 15) is 5.11 Å². The first-order valence-electron chi connectivity index (χ1n) is 8.04. The minimum Gasteiger partial charge on any atom is -0.504 e. The maximum atomic E-state index is 10.2. The van der Waals surface area contributed by atoms with Crippen molar-refractivity contribution in [2.45, 2.75) is 20.0 Å². The number of phenols is 1. The van der Waals surface area contributed by atoms with Gasteiger partial charge in [-0.3, -0.25) is 0 Å². The summed E-state index contributed by atoms with van der Waals surface area (Å²) in [7, 11) is 3.54. The normalized spacial score (nSPS) is 10.8. The van der Waals surface area contributed by atoms with Crippen LogP contribution in [0.5, 0.6) is 11.5 Å². The molecule has 0 bridgehead atoms. The highest BCUT2D eigenvalue weighted by molar-refractivity contribution is 14.0. The molecule has 0 atom stereocenters. The standard InChI is InChI=1S/C19H25N3O2.HI/c1-4-20-19(22(2)14-15-9-6-5-7-10-15)21-13-16-11-8-12-17(24-3)18(16)23;/h5-12,23H,4,13-14H2,1-3H3,(H,20,21);1H. The Morgan fingerprint density at radius 1 is 1.16 bits per heavy atom. The van der Waals surface area contributed by atoms with Gasteiger partial charge in [0.15, 0.2) is 17.5 Å². The van der Waals surface area contributed by atoms with E-state index in [-0.39, 0.29) is 29.7 Å². The molecule has 0 radical (unpaired) electrons. The van der Waals surface area contributed by atoms with Crippen molar-refractivity contribution in [3.8, 4) is 11.5 Å². The van der Waals surface area contributed by atoms with Crippen LogP contribution >= 0.6 is 24.0 Å². The number of ether oxygens (including phenoxy) is 1. The van der Waals surface area contributed by atoms with Gasteiger partial charge in [-0.2, -0.15) is 0 Å². The predicted molar refractivity (Wildman–Crippen MR) is 113 cm³/mol. The van der Waals surface area contributed by atoms with E-state index in [4.69, 9.17) is 4.74 Å². The van der Waals surface area contributed by atoms with Crippen LogP contribution in [0.1, 0.15) is 18.1 Å². The van der Waals surface area contributed by atoms with Gasteiger partial charge in [-0.25, -0.2) is 4.99 Å². The summed E-state index contributed by atoms with van der Waals surface area (Å²) in [6, 6.07) is 15.7. The van der Waals surface area contributed by atoms with E-state index >= 15 is 0 Å². The zero-order valence-electron chi connectivity index (χ0n) is 14.9. The van der Waals surface area contributed by atoms with Crippen LogP contribution in [0.25, 0.3) is 0 Å². The fraction of sp³-hybridized carbons (Fsp3) is 0.316. The molecule has 136 valence electrons. The van der Waals surface area contributed by atoms with Crippen molar-refractivity contribution in [2.24, 2.45) is 4.99 Å². The SMILES string of the molecule is CCNC(=NCc1cccc(OC)c1O)N(C)Cc1ccccc1.I. The van der Waals surface area contributed by atoms with Crippen LogP contribution in [0.3, 0.4) is 0 Å². The molecule has 2 aromatic carbocycles. The molecule has 6 heteroatoms. The summed E-state index contributed by atoms with van der Waals surface area (Å²) in [6.45, 7) is 3.96. The van der Waals surface area contributed by atoms with Crippen molar-refractivity contribution in [3.05, 3.63) is 59.7 Å². The highest BCUT2D eigenvalue weighted by Crippen LogP contribution is 2.29. The Balaban J connectivity index is 0.00000312. The minimum absolute atomic E-state index is 0. The zero-order chi connectivity index (χ0) is 17.4. The molecule has 0 aliphatic heterocycles. The van der Waals surface area contributed by atoms with Gasteiger partial charge in [0.2, 0.25) is 0 Å². The van der Waals surface area contributed by atoms with E-state index in [1.54, 1.807) is 13.2 Å². The molecule has 0 unspecified atom stereocenters. The number of halogens is 1. The quantitative estimate of drug-likeness (QED) is 0.397. The minimum atomic E-state index is 0. The molecule has 0 amide bonds. The van der Waals surface area contributed by atoms with Gasteiger partial charge in [0.25, 0.3) is 0 Å². The van der Waals surface area contributed by atoms with Crippen LogP contribution in [0.15, 0.2) is 53.5 Å². The van der Waals surface area contributed by atoms with Crippen LogP contribution in [0.4, 0.5) is 0 Å². The van der Waals surface area contributed by atoms with Gasteiger partial charge in [0.05, 0.1) is 13.7 Å². The third kappa shape index (κ3) is 6.12. The number of rotatable bonds is 6. The molecule has 0 aliphatic carbocycles. The Morgan fingerprint density at radius 3 is 2.52 bits per heavy atom. The molecule has 0 heterocycles. The monoisotopic (exact) mass is 455 g/mol. The number of hydrogen-bond acceptors (Lipinski definition) is 3. The summed E-state index contributed by atoms with van der Waals surface area (Å²) >= 11 is 0. The molecule has 0 fully saturated rings. The van der Waals surface area contributed by atoms with Crippen molar-refractivity contribution in [2.75, 3.05) is 20.7 Å². The van der Waals surface area contributed by atoms with Gasteiger partial charge >= 0.3 is 0 Å². The summed E-state index contributed by atoms with van der Waals surface area (Å²) in [5.74, 6) is 1.40. The Kier molecular flexibility index (Phi) is 9.12. The predicted octanol–water partition coefficient (Wildman–Crippen LogP) is 3.62. The Hall–Kier alpha value is -1.96. The molecule has 0 spiro atoms.